The monoisotopic (exact) mass is 500 g/mol. The highest BCUT2D eigenvalue weighted by molar-refractivity contribution is 5.93. The number of aromatic nitrogens is 4. The number of hydrogen-bond donors (Lipinski definition) is 2. The van der Waals surface area contributed by atoms with Crippen LogP contribution >= 0.6 is 0 Å². The number of nitrogens with zero attached hydrogens (tertiary/aromatic N) is 5. The molecule has 37 heavy (non-hydrogen) atoms. The molecule has 4 aromatic rings. The Bertz CT molecular complexity index is 1450. The van der Waals surface area contributed by atoms with Crippen LogP contribution < -0.4 is 14.4 Å². The molecule has 9 nitrogen and oxygen atoms in total. The van der Waals surface area contributed by atoms with Crippen LogP contribution in [-0.4, -0.2) is 82.2 Å². The fourth-order valence-electron chi connectivity index (χ4n) is 5.91. The van der Waals surface area contributed by atoms with Crippen molar-refractivity contribution in [3.63, 3.8) is 0 Å². The Hall–Kier alpha value is -3.69. The number of aliphatic hydroxyl groups is 1. The number of piperazine rings is 1. The van der Waals surface area contributed by atoms with Gasteiger partial charge in [-0.15, -0.1) is 0 Å². The van der Waals surface area contributed by atoms with Crippen molar-refractivity contribution < 1.29 is 14.6 Å². The number of hydrogen-bond acceptors (Lipinski definition) is 8. The number of ether oxygens (including phenoxy) is 2. The average Bonchev–Trinajstić information content (AvgIpc) is 3.46. The van der Waals surface area contributed by atoms with E-state index in [4.69, 9.17) is 19.4 Å². The molecule has 2 fully saturated rings. The normalized spacial score (nSPS) is 21.9. The van der Waals surface area contributed by atoms with Crippen molar-refractivity contribution in [2.24, 2.45) is 0 Å². The van der Waals surface area contributed by atoms with Gasteiger partial charge in [-0.3, -0.25) is 10.00 Å². The number of aliphatic hydroxyl groups excluding tert-OH is 1. The van der Waals surface area contributed by atoms with Crippen molar-refractivity contribution in [3.8, 4) is 34.0 Å². The Balaban J connectivity index is 1.34. The highest BCUT2D eigenvalue weighted by atomic mass is 16.5. The van der Waals surface area contributed by atoms with Crippen LogP contribution in [0.5, 0.6) is 11.5 Å². The summed E-state index contributed by atoms with van der Waals surface area (Å²) in [5.74, 6) is 2.40. The van der Waals surface area contributed by atoms with E-state index in [1.165, 1.54) is 0 Å². The molecule has 0 unspecified atom stereocenters. The maximum atomic E-state index is 10.2. The zero-order valence-corrected chi connectivity index (χ0v) is 21.7. The molecule has 6 rings (SSSR count). The molecule has 1 aromatic carbocycles. The number of methoxy groups -OCH3 is 2. The van der Waals surface area contributed by atoms with Gasteiger partial charge in [0.2, 0.25) is 0 Å². The zero-order chi connectivity index (χ0) is 25.7. The van der Waals surface area contributed by atoms with E-state index in [0.717, 1.165) is 83.3 Å². The van der Waals surface area contributed by atoms with Crippen LogP contribution in [0.15, 0.2) is 42.6 Å². The first kappa shape index (κ1) is 23.7. The summed E-state index contributed by atoms with van der Waals surface area (Å²) >= 11 is 0. The number of nitrogens with one attached hydrogen (secondary N) is 1. The van der Waals surface area contributed by atoms with Crippen LogP contribution in [0.4, 0.5) is 5.82 Å². The lowest BCUT2D eigenvalue weighted by Crippen LogP contribution is -2.57. The van der Waals surface area contributed by atoms with Gasteiger partial charge in [0.1, 0.15) is 34.2 Å². The SMILES string of the molecule is COc1cc2[nH]nc(-c3ccc(N4CCN5C[C@H](O)C[C@@]5(C)C4)nc3)c2nc1-c1cccc(OC)c1C. The number of aromatic amines is 1. The highest BCUT2D eigenvalue weighted by Crippen LogP contribution is 2.38. The van der Waals surface area contributed by atoms with Gasteiger partial charge < -0.3 is 19.5 Å². The smallest absolute Gasteiger partial charge is 0.147 e. The van der Waals surface area contributed by atoms with Gasteiger partial charge in [0.25, 0.3) is 0 Å². The standard InChI is InChI=1S/C28H32N6O3/c1-17-20(6-5-7-22(17)36-3)26-23(37-4)12-21-27(30-26)25(32-31-21)18-8-9-24(29-14-18)33-10-11-34-15-19(35)13-28(34,2)16-33/h5-9,12,14,19,35H,10-11,13,15-16H2,1-4H3,(H,31,32)/t19-,28+/m1/s1. The predicted molar refractivity (Wildman–Crippen MR) is 143 cm³/mol. The molecular weight excluding hydrogens is 468 g/mol. The number of anilines is 1. The van der Waals surface area contributed by atoms with Crippen LogP contribution in [0.1, 0.15) is 18.9 Å². The van der Waals surface area contributed by atoms with Gasteiger partial charge >= 0.3 is 0 Å². The van der Waals surface area contributed by atoms with Crippen molar-refractivity contribution in [3.05, 3.63) is 48.2 Å². The first-order valence-corrected chi connectivity index (χ1v) is 12.6. The van der Waals surface area contributed by atoms with Crippen molar-refractivity contribution in [2.45, 2.75) is 31.9 Å². The Labute approximate surface area is 216 Å². The fourth-order valence-corrected chi connectivity index (χ4v) is 5.91. The number of rotatable bonds is 5. The molecule has 5 heterocycles. The molecule has 0 saturated carbocycles. The van der Waals surface area contributed by atoms with Crippen molar-refractivity contribution in [2.75, 3.05) is 45.3 Å². The van der Waals surface area contributed by atoms with Crippen LogP contribution in [0.3, 0.4) is 0 Å². The second kappa shape index (κ2) is 9.00. The number of H-pyrrole nitrogens is 1. The summed E-state index contributed by atoms with van der Waals surface area (Å²) in [7, 11) is 3.32. The summed E-state index contributed by atoms with van der Waals surface area (Å²) in [6.07, 6.45) is 2.42. The lowest BCUT2D eigenvalue weighted by atomic mass is 9.95. The minimum Gasteiger partial charge on any atom is -0.496 e. The van der Waals surface area contributed by atoms with Crippen molar-refractivity contribution >= 4 is 16.9 Å². The fraction of sp³-hybridized carbons (Fsp3) is 0.393. The van der Waals surface area contributed by atoms with E-state index in [9.17, 15) is 5.11 Å². The topological polar surface area (TPSA) is 99.6 Å². The average molecular weight is 501 g/mol. The van der Waals surface area contributed by atoms with E-state index in [1.54, 1.807) is 14.2 Å². The lowest BCUT2D eigenvalue weighted by molar-refractivity contribution is 0.136. The quantitative estimate of drug-likeness (QED) is 0.428. The van der Waals surface area contributed by atoms with E-state index < -0.39 is 0 Å². The largest absolute Gasteiger partial charge is 0.496 e. The van der Waals surface area contributed by atoms with E-state index >= 15 is 0 Å². The summed E-state index contributed by atoms with van der Waals surface area (Å²) in [4.78, 5) is 14.5. The molecule has 0 bridgehead atoms. The third-order valence-corrected chi connectivity index (χ3v) is 7.87. The van der Waals surface area contributed by atoms with Crippen molar-refractivity contribution in [1.82, 2.24) is 25.1 Å². The predicted octanol–water partition coefficient (Wildman–Crippen LogP) is 3.66. The minimum atomic E-state index is -0.245. The van der Waals surface area contributed by atoms with E-state index in [1.807, 2.05) is 37.4 Å². The Morgan fingerprint density at radius 3 is 2.68 bits per heavy atom. The summed E-state index contributed by atoms with van der Waals surface area (Å²) in [6, 6.07) is 12.0. The zero-order valence-electron chi connectivity index (χ0n) is 21.7. The molecule has 0 spiro atoms. The minimum absolute atomic E-state index is 0.0198. The van der Waals surface area contributed by atoms with Gasteiger partial charge in [0.05, 0.1) is 25.8 Å². The molecule has 3 aromatic heterocycles. The maximum absolute atomic E-state index is 10.2. The lowest BCUT2D eigenvalue weighted by Gasteiger charge is -2.45. The van der Waals surface area contributed by atoms with Crippen molar-refractivity contribution in [1.29, 1.82) is 0 Å². The number of pyridine rings is 2. The Morgan fingerprint density at radius 2 is 1.92 bits per heavy atom. The summed E-state index contributed by atoms with van der Waals surface area (Å²) < 4.78 is 11.2. The van der Waals surface area contributed by atoms with E-state index in [0.29, 0.717) is 5.75 Å². The molecule has 0 radical (unpaired) electrons. The summed E-state index contributed by atoms with van der Waals surface area (Å²) in [6.45, 7) is 7.69. The molecule has 0 aliphatic carbocycles. The van der Waals surface area contributed by atoms with Gasteiger partial charge in [0, 0.05) is 60.7 Å². The first-order valence-electron chi connectivity index (χ1n) is 12.6. The van der Waals surface area contributed by atoms with Gasteiger partial charge in [-0.05, 0) is 38.5 Å². The first-order chi connectivity index (χ1) is 17.9. The van der Waals surface area contributed by atoms with Gasteiger partial charge in [0.15, 0.2) is 0 Å². The molecule has 0 amide bonds. The molecule has 2 atom stereocenters. The molecule has 2 N–H and O–H groups in total. The molecule has 2 aliphatic rings. The van der Waals surface area contributed by atoms with E-state index in [2.05, 4.69) is 39.1 Å². The molecule has 9 heteroatoms. The van der Waals surface area contributed by atoms with Crippen LogP contribution in [0.25, 0.3) is 33.5 Å². The third-order valence-electron chi connectivity index (χ3n) is 7.87. The van der Waals surface area contributed by atoms with Crippen LogP contribution in [-0.2, 0) is 0 Å². The molecule has 2 aliphatic heterocycles. The van der Waals surface area contributed by atoms with Gasteiger partial charge in [-0.25, -0.2) is 9.97 Å². The molecule has 192 valence electrons. The summed E-state index contributed by atoms with van der Waals surface area (Å²) in [5, 5.41) is 17.9. The number of benzene rings is 1. The van der Waals surface area contributed by atoms with Gasteiger partial charge in [-0.1, -0.05) is 12.1 Å². The number of β-amino-alcohol motifs (C(OH)–C–C–N with tert-alkyl or cyclic N) is 1. The summed E-state index contributed by atoms with van der Waals surface area (Å²) in [5.41, 5.74) is 5.85. The third kappa shape index (κ3) is 3.98. The Kier molecular flexibility index (Phi) is 5.77. The second-order valence-electron chi connectivity index (χ2n) is 10.3. The maximum Gasteiger partial charge on any atom is 0.147 e. The van der Waals surface area contributed by atoms with E-state index in [-0.39, 0.29) is 11.6 Å². The van der Waals surface area contributed by atoms with Crippen LogP contribution in [0, 0.1) is 6.92 Å². The molecular formula is C28H32N6O3. The molecule has 2 saturated heterocycles. The van der Waals surface area contributed by atoms with Gasteiger partial charge in [-0.2, -0.15) is 5.10 Å². The number of fused-ring (bicyclic) bond motifs is 2. The second-order valence-corrected chi connectivity index (χ2v) is 10.3. The van der Waals surface area contributed by atoms with Crippen LogP contribution in [0.2, 0.25) is 0 Å². The Morgan fingerprint density at radius 1 is 1.08 bits per heavy atom. The highest BCUT2D eigenvalue weighted by Gasteiger charge is 2.45.